The van der Waals surface area contributed by atoms with Crippen molar-refractivity contribution in [2.75, 3.05) is 5.75 Å². The smallest absolute Gasteiger partial charge is 0.231 e. The predicted molar refractivity (Wildman–Crippen MR) is 101 cm³/mol. The van der Waals surface area contributed by atoms with E-state index in [4.69, 9.17) is 17.0 Å². The van der Waals surface area contributed by atoms with Crippen molar-refractivity contribution in [1.29, 1.82) is 0 Å². The van der Waals surface area contributed by atoms with Gasteiger partial charge in [-0.3, -0.25) is 0 Å². The average molecular weight is 337 g/mol. The molecule has 0 spiro atoms. The Hall–Kier alpha value is 0.590. The van der Waals surface area contributed by atoms with Gasteiger partial charge in [0.2, 0.25) is 4.38 Å². The monoisotopic (exact) mass is 336 g/mol. The van der Waals surface area contributed by atoms with Gasteiger partial charge in [-0.2, -0.15) is 0 Å². The molecule has 0 bridgehead atoms. The Morgan fingerprint density at radius 1 is 0.900 bits per heavy atom. The first-order valence-electron chi connectivity index (χ1n) is 8.17. The van der Waals surface area contributed by atoms with Gasteiger partial charge in [-0.1, -0.05) is 75.5 Å². The molecular formula is C16H32OS3. The molecule has 0 aliphatic heterocycles. The summed E-state index contributed by atoms with van der Waals surface area (Å²) in [7, 11) is 3.44. The molecule has 0 unspecified atom stereocenters. The van der Waals surface area contributed by atoms with Gasteiger partial charge in [0.25, 0.3) is 0 Å². The van der Waals surface area contributed by atoms with Gasteiger partial charge in [-0.25, -0.2) is 0 Å². The molecule has 0 amide bonds. The van der Waals surface area contributed by atoms with Crippen LogP contribution in [0.4, 0.5) is 0 Å². The summed E-state index contributed by atoms with van der Waals surface area (Å²) in [6.07, 6.45) is 14.2. The van der Waals surface area contributed by atoms with E-state index in [1.807, 2.05) is 24.6 Å². The second-order valence-corrected chi connectivity index (χ2v) is 8.52. The lowest BCUT2D eigenvalue weighted by Crippen LogP contribution is -2.04. The summed E-state index contributed by atoms with van der Waals surface area (Å²) in [4.78, 5) is 0. The molecule has 0 fully saturated rings. The van der Waals surface area contributed by atoms with E-state index in [2.05, 4.69) is 6.92 Å². The second-order valence-electron chi connectivity index (χ2n) is 5.50. The number of hydrogen-bond donors (Lipinski definition) is 0. The second kappa shape index (κ2) is 16.0. The standard InChI is InChI=1S/C16H32OS3/c1-4-5-6-7-8-9-10-11-12-13-14-19-20-16(18)17-15(2)3/h15H,4-14H2,1-3H3. The molecule has 0 atom stereocenters. The van der Waals surface area contributed by atoms with Gasteiger partial charge >= 0.3 is 0 Å². The van der Waals surface area contributed by atoms with E-state index < -0.39 is 0 Å². The van der Waals surface area contributed by atoms with Crippen molar-refractivity contribution in [3.05, 3.63) is 0 Å². The van der Waals surface area contributed by atoms with E-state index >= 15 is 0 Å². The van der Waals surface area contributed by atoms with Crippen molar-refractivity contribution in [1.82, 2.24) is 0 Å². The molecule has 0 rings (SSSR count). The third-order valence-corrected chi connectivity index (χ3v) is 5.82. The molecule has 4 heteroatoms. The van der Waals surface area contributed by atoms with Crippen LogP contribution in [0.2, 0.25) is 0 Å². The van der Waals surface area contributed by atoms with Crippen LogP contribution in [-0.2, 0) is 4.74 Å². The van der Waals surface area contributed by atoms with Gasteiger partial charge in [0.15, 0.2) is 0 Å². The highest BCUT2D eigenvalue weighted by atomic mass is 33.1. The van der Waals surface area contributed by atoms with E-state index in [-0.39, 0.29) is 6.10 Å². The van der Waals surface area contributed by atoms with Crippen LogP contribution in [0.1, 0.15) is 85.0 Å². The van der Waals surface area contributed by atoms with Gasteiger partial charge in [0.05, 0.1) is 6.10 Å². The van der Waals surface area contributed by atoms with Crippen LogP contribution in [0.3, 0.4) is 0 Å². The number of unbranched alkanes of at least 4 members (excludes halogenated alkanes) is 9. The highest BCUT2D eigenvalue weighted by molar-refractivity contribution is 8.83. The van der Waals surface area contributed by atoms with Crippen molar-refractivity contribution < 1.29 is 4.74 Å². The zero-order valence-electron chi connectivity index (χ0n) is 13.5. The Bertz CT molecular complexity index is 220. The molecule has 0 aromatic rings. The van der Waals surface area contributed by atoms with Crippen LogP contribution in [0.15, 0.2) is 0 Å². The Morgan fingerprint density at radius 3 is 1.90 bits per heavy atom. The molecule has 1 nitrogen and oxygen atoms in total. The Kier molecular flexibility index (Phi) is 16.4. The van der Waals surface area contributed by atoms with Crippen LogP contribution < -0.4 is 0 Å². The zero-order chi connectivity index (χ0) is 15.1. The third-order valence-electron chi connectivity index (χ3n) is 3.04. The van der Waals surface area contributed by atoms with E-state index in [0.29, 0.717) is 4.38 Å². The summed E-state index contributed by atoms with van der Waals surface area (Å²) in [6, 6.07) is 0. The summed E-state index contributed by atoms with van der Waals surface area (Å²) in [6.45, 7) is 6.30. The fourth-order valence-corrected chi connectivity index (χ4v) is 4.32. The minimum Gasteiger partial charge on any atom is -0.475 e. The van der Waals surface area contributed by atoms with Gasteiger partial charge < -0.3 is 4.74 Å². The lowest BCUT2D eigenvalue weighted by atomic mass is 10.1. The summed E-state index contributed by atoms with van der Waals surface area (Å²) in [5, 5.41) is 0. The summed E-state index contributed by atoms with van der Waals surface area (Å²) >= 11 is 5.13. The maximum atomic E-state index is 5.42. The lowest BCUT2D eigenvalue weighted by molar-refractivity contribution is 0.243. The Balaban J connectivity index is 3.08. The highest BCUT2D eigenvalue weighted by Crippen LogP contribution is 2.26. The van der Waals surface area contributed by atoms with E-state index in [1.165, 1.54) is 70.0 Å². The maximum Gasteiger partial charge on any atom is 0.231 e. The largest absolute Gasteiger partial charge is 0.475 e. The van der Waals surface area contributed by atoms with Gasteiger partial charge in [-0.05, 0) is 43.3 Å². The topological polar surface area (TPSA) is 9.23 Å². The SMILES string of the molecule is CCCCCCCCCCCCSSC(=S)OC(C)C. The number of ether oxygens (including phenoxy) is 1. The van der Waals surface area contributed by atoms with Gasteiger partial charge in [-0.15, -0.1) is 0 Å². The van der Waals surface area contributed by atoms with Crippen molar-refractivity contribution in [2.45, 2.75) is 91.1 Å². The average Bonchev–Trinajstić information content (AvgIpc) is 2.39. The van der Waals surface area contributed by atoms with E-state index in [9.17, 15) is 0 Å². The molecular weight excluding hydrogens is 304 g/mol. The first kappa shape index (κ1) is 20.6. The van der Waals surface area contributed by atoms with E-state index in [0.717, 1.165) is 0 Å². The lowest BCUT2D eigenvalue weighted by Gasteiger charge is -2.08. The molecule has 0 saturated heterocycles. The number of hydrogen-bond acceptors (Lipinski definition) is 4. The van der Waals surface area contributed by atoms with Gasteiger partial charge in [0, 0.05) is 5.75 Å². The van der Waals surface area contributed by atoms with Crippen molar-refractivity contribution >= 4 is 38.2 Å². The van der Waals surface area contributed by atoms with Crippen molar-refractivity contribution in [3.8, 4) is 0 Å². The van der Waals surface area contributed by atoms with Crippen molar-refractivity contribution in [3.63, 3.8) is 0 Å². The zero-order valence-corrected chi connectivity index (χ0v) is 15.9. The predicted octanol–water partition coefficient (Wildman–Crippen LogP) is 7.00. The Labute approximate surface area is 139 Å². The fraction of sp³-hybridized carbons (Fsp3) is 0.938. The molecule has 0 aromatic heterocycles. The summed E-state index contributed by atoms with van der Waals surface area (Å²) in [5.41, 5.74) is 0. The number of thiocarbonyl (C=S) groups is 1. The minimum atomic E-state index is 0.202. The third kappa shape index (κ3) is 16.6. The van der Waals surface area contributed by atoms with Crippen LogP contribution in [0.5, 0.6) is 0 Å². The Morgan fingerprint density at radius 2 is 1.40 bits per heavy atom. The quantitative estimate of drug-likeness (QED) is 0.203. The summed E-state index contributed by atoms with van der Waals surface area (Å²) in [5.74, 6) is 1.18. The van der Waals surface area contributed by atoms with Crippen LogP contribution in [0.25, 0.3) is 0 Å². The normalized spacial score (nSPS) is 11.0. The van der Waals surface area contributed by atoms with Crippen molar-refractivity contribution in [2.24, 2.45) is 0 Å². The molecule has 120 valence electrons. The molecule has 0 saturated carbocycles. The molecule has 0 radical (unpaired) electrons. The minimum absolute atomic E-state index is 0.202. The molecule has 0 aliphatic carbocycles. The van der Waals surface area contributed by atoms with E-state index in [1.54, 1.807) is 10.8 Å². The van der Waals surface area contributed by atoms with Crippen LogP contribution in [0, 0.1) is 0 Å². The molecule has 0 aliphatic rings. The summed E-state index contributed by atoms with van der Waals surface area (Å²) < 4.78 is 6.10. The van der Waals surface area contributed by atoms with Crippen LogP contribution >= 0.6 is 33.8 Å². The molecule has 0 N–H and O–H groups in total. The highest BCUT2D eigenvalue weighted by Gasteiger charge is 2.02. The first-order valence-corrected chi connectivity index (χ1v) is 10.9. The van der Waals surface area contributed by atoms with Gasteiger partial charge in [0.1, 0.15) is 0 Å². The fourth-order valence-electron chi connectivity index (χ4n) is 1.95. The molecule has 20 heavy (non-hydrogen) atoms. The first-order chi connectivity index (χ1) is 9.66. The van der Waals surface area contributed by atoms with Crippen LogP contribution in [-0.4, -0.2) is 16.2 Å². The maximum absolute atomic E-state index is 5.42. The number of rotatable bonds is 13. The molecule has 0 aromatic carbocycles. The molecule has 0 heterocycles.